The van der Waals surface area contributed by atoms with Gasteiger partial charge >= 0.3 is 11.6 Å². The Bertz CT molecular complexity index is 903. The third-order valence-corrected chi connectivity index (χ3v) is 3.93. The molecule has 6 nitrogen and oxygen atoms in total. The molecule has 27 heavy (non-hydrogen) atoms. The molecular weight excluding hydrogens is 416 g/mol. The molecule has 1 unspecified atom stereocenters. The van der Waals surface area contributed by atoms with Crippen LogP contribution in [0.5, 0.6) is 5.75 Å². The second-order valence-electron chi connectivity index (χ2n) is 6.44. The van der Waals surface area contributed by atoms with Crippen molar-refractivity contribution in [3.05, 3.63) is 40.2 Å². The Hall–Kier alpha value is -2.30. The average molecular weight is 437 g/mol. The van der Waals surface area contributed by atoms with Gasteiger partial charge in [-0.25, -0.2) is 4.79 Å². The van der Waals surface area contributed by atoms with Gasteiger partial charge < -0.3 is 18.6 Å². The first-order valence-corrected chi connectivity index (χ1v) is 9.08. The molecule has 0 aliphatic heterocycles. The summed E-state index contributed by atoms with van der Waals surface area (Å²) in [6.45, 7) is 5.46. The first-order valence-electron chi connectivity index (χ1n) is 8.29. The number of esters is 1. The lowest BCUT2D eigenvalue weighted by Gasteiger charge is -2.22. The Balaban J connectivity index is 2.10. The highest BCUT2D eigenvalue weighted by Gasteiger charge is 2.28. The summed E-state index contributed by atoms with van der Waals surface area (Å²) in [6.07, 6.45) is 4.52. The summed E-state index contributed by atoms with van der Waals surface area (Å²) in [5.41, 5.74) is 0.823. The van der Waals surface area contributed by atoms with Gasteiger partial charge in [0, 0.05) is 17.5 Å². The highest BCUT2D eigenvalue weighted by Crippen LogP contribution is 2.23. The number of terminal acetylenes is 1. The van der Waals surface area contributed by atoms with Gasteiger partial charge in [-0.05, 0) is 38.5 Å². The van der Waals surface area contributed by atoms with Crippen LogP contribution in [-0.2, 0) is 14.3 Å². The minimum Gasteiger partial charge on any atom is -0.489 e. The normalized spacial score (nSPS) is 12.4. The van der Waals surface area contributed by atoms with Gasteiger partial charge in [0.05, 0.1) is 6.61 Å². The number of benzene rings is 1. The molecule has 0 N–H and O–H groups in total. The molecule has 0 bridgehead atoms. The van der Waals surface area contributed by atoms with Gasteiger partial charge in [-0.3, -0.25) is 4.79 Å². The molecule has 7 heteroatoms. The number of carbonyl (C=O) groups excluding carboxylic acids is 1. The average Bonchev–Trinajstić information content (AvgIpc) is 2.58. The largest absolute Gasteiger partial charge is 0.489 e. The van der Waals surface area contributed by atoms with Crippen LogP contribution in [0.4, 0.5) is 0 Å². The summed E-state index contributed by atoms with van der Waals surface area (Å²) in [5.74, 6) is 2.39. The van der Waals surface area contributed by atoms with E-state index in [0.717, 1.165) is 10.9 Å². The fourth-order valence-corrected chi connectivity index (χ4v) is 2.33. The van der Waals surface area contributed by atoms with E-state index in [0.29, 0.717) is 11.3 Å². The molecule has 0 aliphatic carbocycles. The number of alkyl halides is 1. The van der Waals surface area contributed by atoms with Crippen molar-refractivity contribution in [3.8, 4) is 18.1 Å². The first kappa shape index (κ1) is 21.0. The van der Waals surface area contributed by atoms with Crippen LogP contribution in [0, 0.1) is 19.3 Å². The minimum atomic E-state index is -0.832. The SMILES string of the molecule is C#CCOCC(COc1ccc2c(C)cc(=O)oc2c1)OC(=O)C(C)(C)Br. The zero-order valence-corrected chi connectivity index (χ0v) is 17.0. The lowest BCUT2D eigenvalue weighted by molar-refractivity contribution is -0.155. The number of fused-ring (bicyclic) bond motifs is 1. The minimum absolute atomic E-state index is 0.0565. The van der Waals surface area contributed by atoms with Gasteiger partial charge in [-0.2, -0.15) is 0 Å². The molecular formula is C20H21BrO6. The molecule has 0 amide bonds. The van der Waals surface area contributed by atoms with Gasteiger partial charge in [0.1, 0.15) is 28.9 Å². The predicted octanol–water partition coefficient (Wildman–Crippen LogP) is 3.22. The highest BCUT2D eigenvalue weighted by molar-refractivity contribution is 9.10. The van der Waals surface area contributed by atoms with Crippen LogP contribution >= 0.6 is 15.9 Å². The molecule has 1 atom stereocenters. The van der Waals surface area contributed by atoms with E-state index < -0.39 is 22.0 Å². The lowest BCUT2D eigenvalue weighted by atomic mass is 10.1. The van der Waals surface area contributed by atoms with Crippen molar-refractivity contribution in [2.45, 2.75) is 31.2 Å². The topological polar surface area (TPSA) is 75.0 Å². The van der Waals surface area contributed by atoms with E-state index in [2.05, 4.69) is 21.9 Å². The van der Waals surface area contributed by atoms with Gasteiger partial charge in [-0.1, -0.05) is 21.9 Å². The van der Waals surface area contributed by atoms with E-state index in [1.165, 1.54) is 6.07 Å². The summed E-state index contributed by atoms with van der Waals surface area (Å²) in [7, 11) is 0. The van der Waals surface area contributed by atoms with Crippen molar-refractivity contribution in [2.24, 2.45) is 0 Å². The molecule has 2 aromatic rings. The molecule has 0 saturated carbocycles. The van der Waals surface area contributed by atoms with Gasteiger partial charge in [0.25, 0.3) is 0 Å². The third-order valence-electron chi connectivity index (χ3n) is 3.61. The van der Waals surface area contributed by atoms with Crippen LogP contribution in [0.3, 0.4) is 0 Å². The number of hydrogen-bond donors (Lipinski definition) is 0. The molecule has 1 aromatic heterocycles. The molecule has 2 rings (SSSR count). The lowest BCUT2D eigenvalue weighted by Crippen LogP contribution is -2.36. The first-order chi connectivity index (χ1) is 12.7. The van der Waals surface area contributed by atoms with E-state index >= 15 is 0 Å². The van der Waals surface area contributed by atoms with Gasteiger partial charge in [-0.15, -0.1) is 6.42 Å². The van der Waals surface area contributed by atoms with Crippen LogP contribution in [0.1, 0.15) is 19.4 Å². The van der Waals surface area contributed by atoms with Crippen molar-refractivity contribution >= 4 is 32.9 Å². The monoisotopic (exact) mass is 436 g/mol. The maximum Gasteiger partial charge on any atom is 0.336 e. The number of aryl methyl sites for hydroxylation is 1. The number of hydrogen-bond acceptors (Lipinski definition) is 6. The quantitative estimate of drug-likeness (QED) is 0.208. The number of carbonyl (C=O) groups is 1. The standard InChI is InChI=1S/C20H21BrO6/c1-5-8-24-11-15(26-19(23)20(3,4)21)12-25-14-6-7-16-13(2)9-18(22)27-17(16)10-14/h1,6-7,9-10,15H,8,11-12H2,2-4H3. The molecule has 1 aromatic carbocycles. The molecule has 0 aliphatic rings. The van der Waals surface area contributed by atoms with Crippen LogP contribution in [0.2, 0.25) is 0 Å². The van der Waals surface area contributed by atoms with Crippen molar-refractivity contribution in [2.75, 3.05) is 19.8 Å². The molecule has 0 radical (unpaired) electrons. The number of halogens is 1. The summed E-state index contributed by atoms with van der Waals surface area (Å²) >= 11 is 3.26. The predicted molar refractivity (Wildman–Crippen MR) is 105 cm³/mol. The molecule has 0 saturated heterocycles. The summed E-state index contributed by atoms with van der Waals surface area (Å²) < 4.78 is 20.8. The second kappa shape index (κ2) is 9.07. The smallest absolute Gasteiger partial charge is 0.336 e. The van der Waals surface area contributed by atoms with Crippen molar-refractivity contribution in [1.82, 2.24) is 0 Å². The molecule has 144 valence electrons. The fourth-order valence-electron chi connectivity index (χ4n) is 2.24. The molecule has 1 heterocycles. The maximum absolute atomic E-state index is 12.1. The van der Waals surface area contributed by atoms with Crippen LogP contribution < -0.4 is 10.4 Å². The second-order valence-corrected chi connectivity index (χ2v) is 8.42. The Labute approximate surface area is 165 Å². The zero-order valence-electron chi connectivity index (χ0n) is 15.4. The van der Waals surface area contributed by atoms with E-state index in [1.807, 2.05) is 6.92 Å². The Morgan fingerprint density at radius 2 is 2.07 bits per heavy atom. The fraction of sp³-hybridized carbons (Fsp3) is 0.400. The van der Waals surface area contributed by atoms with E-state index in [4.69, 9.17) is 25.1 Å². The summed E-state index contributed by atoms with van der Waals surface area (Å²) in [5, 5.41) is 0.823. The van der Waals surface area contributed by atoms with Gasteiger partial charge in [0.2, 0.25) is 0 Å². The van der Waals surface area contributed by atoms with Crippen molar-refractivity contribution < 1.29 is 23.4 Å². The van der Waals surface area contributed by atoms with Gasteiger partial charge in [0.15, 0.2) is 6.10 Å². The Morgan fingerprint density at radius 3 is 2.74 bits per heavy atom. The van der Waals surface area contributed by atoms with Crippen molar-refractivity contribution in [3.63, 3.8) is 0 Å². The number of ether oxygens (including phenoxy) is 3. The van der Waals surface area contributed by atoms with Crippen LogP contribution in [0.15, 0.2) is 33.5 Å². The third kappa shape index (κ3) is 6.12. The zero-order chi connectivity index (χ0) is 20.0. The number of rotatable bonds is 8. The van der Waals surface area contributed by atoms with E-state index in [-0.39, 0.29) is 19.8 Å². The van der Waals surface area contributed by atoms with Crippen LogP contribution in [-0.4, -0.2) is 36.2 Å². The van der Waals surface area contributed by atoms with Crippen LogP contribution in [0.25, 0.3) is 11.0 Å². The molecule has 0 fully saturated rings. The van der Waals surface area contributed by atoms with Crippen molar-refractivity contribution in [1.29, 1.82) is 0 Å². The Morgan fingerprint density at radius 1 is 1.33 bits per heavy atom. The maximum atomic E-state index is 12.1. The van der Waals surface area contributed by atoms with E-state index in [1.54, 1.807) is 32.0 Å². The summed E-state index contributed by atoms with van der Waals surface area (Å²) in [4.78, 5) is 23.6. The summed E-state index contributed by atoms with van der Waals surface area (Å²) in [6, 6.07) is 6.62. The molecule has 0 spiro atoms. The van der Waals surface area contributed by atoms with E-state index in [9.17, 15) is 9.59 Å². The highest BCUT2D eigenvalue weighted by atomic mass is 79.9. The Kier molecular flexibility index (Phi) is 7.05.